The van der Waals surface area contributed by atoms with Crippen LogP contribution in [-0.2, 0) is 21.3 Å². The average Bonchev–Trinajstić information content (AvgIpc) is 2.82. The summed E-state index contributed by atoms with van der Waals surface area (Å²) in [6.07, 6.45) is 0.997. The van der Waals surface area contributed by atoms with Crippen LogP contribution in [0.1, 0.15) is 58.8 Å². The minimum atomic E-state index is -0.448. The van der Waals surface area contributed by atoms with Crippen molar-refractivity contribution in [2.24, 2.45) is 7.05 Å². The van der Waals surface area contributed by atoms with E-state index in [0.717, 1.165) is 0 Å². The number of esters is 1. The molecule has 0 saturated carbocycles. The second kappa shape index (κ2) is 10.1. The molecule has 1 heterocycles. The van der Waals surface area contributed by atoms with Crippen LogP contribution < -0.4 is 0 Å². The number of hydrogen-bond acceptors (Lipinski definition) is 5. The summed E-state index contributed by atoms with van der Waals surface area (Å²) in [5.74, 6) is -0.701. The monoisotopic (exact) mass is 366 g/mol. The summed E-state index contributed by atoms with van der Waals surface area (Å²) in [6, 6.07) is 0. The van der Waals surface area contributed by atoms with E-state index in [1.165, 1.54) is 0 Å². The molecular formula is C19H30N2O5. The molecule has 0 spiro atoms. The number of carbonyl (C=O) groups excluding carboxylic acids is 3. The molecule has 0 aliphatic heterocycles. The summed E-state index contributed by atoms with van der Waals surface area (Å²) in [4.78, 5) is 38.8. The number of amides is 1. The third-order valence-electron chi connectivity index (χ3n) is 4.44. The highest BCUT2D eigenvalue weighted by Gasteiger charge is 2.27. The Labute approximate surface area is 155 Å². The SMILES string of the molecule is CCOC(=O)c1c(C)c(C(=O)CN(CCCOC)C(=O)CC)c(C)n1C. The van der Waals surface area contributed by atoms with E-state index in [2.05, 4.69) is 0 Å². The van der Waals surface area contributed by atoms with Gasteiger partial charge in [-0.05, 0) is 32.8 Å². The van der Waals surface area contributed by atoms with Gasteiger partial charge in [0.15, 0.2) is 5.78 Å². The van der Waals surface area contributed by atoms with Crippen LogP contribution in [0.4, 0.5) is 0 Å². The Morgan fingerprint density at radius 2 is 1.81 bits per heavy atom. The first-order valence-corrected chi connectivity index (χ1v) is 8.92. The van der Waals surface area contributed by atoms with Crippen LogP contribution in [0.15, 0.2) is 0 Å². The molecule has 0 aliphatic carbocycles. The molecule has 0 aromatic carbocycles. The minimum absolute atomic E-state index is 0.00958. The second-order valence-corrected chi connectivity index (χ2v) is 6.15. The molecular weight excluding hydrogens is 336 g/mol. The van der Waals surface area contributed by atoms with Crippen molar-refractivity contribution in [1.29, 1.82) is 0 Å². The summed E-state index contributed by atoms with van der Waals surface area (Å²) in [6.45, 7) is 8.29. The van der Waals surface area contributed by atoms with Crippen molar-refractivity contribution in [3.63, 3.8) is 0 Å². The molecule has 0 fully saturated rings. The van der Waals surface area contributed by atoms with Gasteiger partial charge in [-0.3, -0.25) is 9.59 Å². The molecule has 0 radical (unpaired) electrons. The van der Waals surface area contributed by atoms with Gasteiger partial charge < -0.3 is 18.9 Å². The van der Waals surface area contributed by atoms with E-state index in [1.807, 2.05) is 0 Å². The van der Waals surface area contributed by atoms with Gasteiger partial charge in [-0.15, -0.1) is 0 Å². The van der Waals surface area contributed by atoms with Crippen LogP contribution >= 0.6 is 0 Å². The summed E-state index contributed by atoms with van der Waals surface area (Å²) >= 11 is 0. The van der Waals surface area contributed by atoms with E-state index in [4.69, 9.17) is 9.47 Å². The van der Waals surface area contributed by atoms with Crippen LogP contribution in [-0.4, -0.2) is 60.5 Å². The van der Waals surface area contributed by atoms with E-state index < -0.39 is 5.97 Å². The lowest BCUT2D eigenvalue weighted by molar-refractivity contribution is -0.130. The quantitative estimate of drug-likeness (QED) is 0.361. The third kappa shape index (κ3) is 4.94. The first kappa shape index (κ1) is 21.9. The van der Waals surface area contributed by atoms with Gasteiger partial charge in [0.1, 0.15) is 5.69 Å². The molecule has 0 saturated heterocycles. The highest BCUT2D eigenvalue weighted by atomic mass is 16.5. The molecule has 1 aromatic rings. The number of carbonyl (C=O) groups is 3. The Morgan fingerprint density at radius 3 is 2.35 bits per heavy atom. The van der Waals surface area contributed by atoms with Gasteiger partial charge in [0.25, 0.3) is 0 Å². The molecule has 26 heavy (non-hydrogen) atoms. The number of Topliss-reactive ketones (excluding diaryl/α,β-unsaturated/α-hetero) is 1. The maximum atomic E-state index is 12.9. The molecule has 1 rings (SSSR count). The smallest absolute Gasteiger partial charge is 0.355 e. The van der Waals surface area contributed by atoms with Gasteiger partial charge in [-0.1, -0.05) is 6.92 Å². The Bertz CT molecular complexity index is 663. The van der Waals surface area contributed by atoms with Crippen LogP contribution in [0, 0.1) is 13.8 Å². The zero-order chi connectivity index (χ0) is 19.9. The molecule has 0 bridgehead atoms. The first-order valence-electron chi connectivity index (χ1n) is 8.92. The number of ketones is 1. The van der Waals surface area contributed by atoms with E-state index >= 15 is 0 Å². The zero-order valence-electron chi connectivity index (χ0n) is 16.7. The highest BCUT2D eigenvalue weighted by molar-refractivity contribution is 6.04. The van der Waals surface area contributed by atoms with Gasteiger partial charge in [0.2, 0.25) is 5.91 Å². The number of hydrogen-bond donors (Lipinski definition) is 0. The normalized spacial score (nSPS) is 10.7. The predicted octanol–water partition coefficient (Wildman–Crippen LogP) is 2.28. The van der Waals surface area contributed by atoms with Gasteiger partial charge in [0.05, 0.1) is 13.2 Å². The lowest BCUT2D eigenvalue weighted by atomic mass is 10.0. The molecule has 0 aliphatic rings. The predicted molar refractivity (Wildman–Crippen MR) is 98.5 cm³/mol. The minimum Gasteiger partial charge on any atom is -0.461 e. The van der Waals surface area contributed by atoms with Gasteiger partial charge >= 0.3 is 5.97 Å². The maximum Gasteiger partial charge on any atom is 0.355 e. The molecule has 0 atom stereocenters. The summed E-state index contributed by atoms with van der Waals surface area (Å²) in [7, 11) is 3.34. The van der Waals surface area contributed by atoms with Crippen LogP contribution in [0.5, 0.6) is 0 Å². The van der Waals surface area contributed by atoms with E-state index in [9.17, 15) is 14.4 Å². The second-order valence-electron chi connectivity index (χ2n) is 6.15. The maximum absolute atomic E-state index is 12.9. The van der Waals surface area contributed by atoms with E-state index in [0.29, 0.717) is 48.5 Å². The van der Waals surface area contributed by atoms with Crippen LogP contribution in [0.3, 0.4) is 0 Å². The average molecular weight is 366 g/mol. The Morgan fingerprint density at radius 1 is 1.15 bits per heavy atom. The van der Waals surface area contributed by atoms with Crippen molar-refractivity contribution < 1.29 is 23.9 Å². The number of methoxy groups -OCH3 is 1. The number of ether oxygens (including phenoxy) is 2. The van der Waals surface area contributed by atoms with E-state index in [-0.39, 0.29) is 24.8 Å². The lowest BCUT2D eigenvalue weighted by Crippen LogP contribution is -2.36. The fourth-order valence-electron chi connectivity index (χ4n) is 3.04. The number of aromatic nitrogens is 1. The third-order valence-corrected chi connectivity index (χ3v) is 4.44. The Kier molecular flexibility index (Phi) is 8.51. The van der Waals surface area contributed by atoms with Gasteiger partial charge in [-0.25, -0.2) is 4.79 Å². The van der Waals surface area contributed by atoms with Gasteiger partial charge in [-0.2, -0.15) is 0 Å². The molecule has 146 valence electrons. The largest absolute Gasteiger partial charge is 0.461 e. The lowest BCUT2D eigenvalue weighted by Gasteiger charge is -2.21. The number of nitrogens with zero attached hydrogens (tertiary/aromatic N) is 2. The number of rotatable bonds is 10. The van der Waals surface area contributed by atoms with Crippen LogP contribution in [0.25, 0.3) is 0 Å². The van der Waals surface area contributed by atoms with Crippen LogP contribution in [0.2, 0.25) is 0 Å². The molecule has 7 heteroatoms. The summed E-state index contributed by atoms with van der Waals surface area (Å²) in [5, 5.41) is 0. The molecule has 1 amide bonds. The fraction of sp³-hybridized carbons (Fsp3) is 0.632. The van der Waals surface area contributed by atoms with Crippen molar-refractivity contribution in [3.05, 3.63) is 22.5 Å². The Hall–Kier alpha value is -2.15. The van der Waals surface area contributed by atoms with Crippen molar-refractivity contribution in [2.75, 3.05) is 33.4 Å². The first-order chi connectivity index (χ1) is 12.3. The molecule has 0 N–H and O–H groups in total. The zero-order valence-corrected chi connectivity index (χ0v) is 16.7. The van der Waals surface area contributed by atoms with Crippen molar-refractivity contribution >= 4 is 17.7 Å². The highest BCUT2D eigenvalue weighted by Crippen LogP contribution is 2.23. The standard InChI is InChI=1S/C19H30N2O5/c1-7-16(23)21(10-9-11-25-6)12-15(22)17-13(3)18(19(24)26-8-2)20(5)14(17)4/h7-12H2,1-6H3. The van der Waals surface area contributed by atoms with Crippen molar-refractivity contribution in [1.82, 2.24) is 9.47 Å². The fourth-order valence-corrected chi connectivity index (χ4v) is 3.04. The molecule has 7 nitrogen and oxygen atoms in total. The summed E-state index contributed by atoms with van der Waals surface area (Å²) in [5.41, 5.74) is 2.14. The van der Waals surface area contributed by atoms with Gasteiger partial charge in [0, 0.05) is 45.0 Å². The Balaban J connectivity index is 3.09. The van der Waals surface area contributed by atoms with Crippen molar-refractivity contribution in [3.8, 4) is 0 Å². The van der Waals surface area contributed by atoms with E-state index in [1.54, 1.807) is 51.3 Å². The van der Waals surface area contributed by atoms with Crippen molar-refractivity contribution in [2.45, 2.75) is 40.5 Å². The summed E-state index contributed by atoms with van der Waals surface area (Å²) < 4.78 is 11.8. The molecule has 1 aromatic heterocycles. The topological polar surface area (TPSA) is 77.8 Å². The molecule has 0 unspecified atom stereocenters.